The molecular formula is C13H17BrFN3O2. The van der Waals surface area contributed by atoms with Crippen molar-refractivity contribution in [2.45, 2.75) is 25.3 Å². The lowest BCUT2D eigenvalue weighted by molar-refractivity contribution is -0.384. The fourth-order valence-corrected chi connectivity index (χ4v) is 2.87. The second-order valence-electron chi connectivity index (χ2n) is 4.96. The fraction of sp³-hybridized carbons (Fsp3) is 0.538. The third kappa shape index (κ3) is 3.27. The Morgan fingerprint density at radius 1 is 1.45 bits per heavy atom. The molecule has 1 aliphatic heterocycles. The van der Waals surface area contributed by atoms with Gasteiger partial charge in [0, 0.05) is 25.2 Å². The van der Waals surface area contributed by atoms with E-state index in [0.29, 0.717) is 5.69 Å². The van der Waals surface area contributed by atoms with Gasteiger partial charge in [-0.3, -0.25) is 10.1 Å². The lowest BCUT2D eigenvalue weighted by atomic mass is 10.1. The number of nitro benzene ring substituents is 1. The molecule has 1 saturated heterocycles. The van der Waals surface area contributed by atoms with Crippen molar-refractivity contribution < 1.29 is 9.31 Å². The summed E-state index contributed by atoms with van der Waals surface area (Å²) in [7, 11) is 1.80. The summed E-state index contributed by atoms with van der Waals surface area (Å²) in [6, 6.07) is 2.65. The number of hydrogen-bond donors (Lipinski definition) is 1. The van der Waals surface area contributed by atoms with Crippen LogP contribution in [0.15, 0.2) is 16.6 Å². The van der Waals surface area contributed by atoms with Crippen molar-refractivity contribution in [3.8, 4) is 0 Å². The summed E-state index contributed by atoms with van der Waals surface area (Å²) in [5, 5.41) is 14.5. The van der Waals surface area contributed by atoms with Crippen molar-refractivity contribution in [2.24, 2.45) is 0 Å². The minimum atomic E-state index is -0.482. The molecule has 0 radical (unpaired) electrons. The van der Waals surface area contributed by atoms with E-state index in [4.69, 9.17) is 0 Å². The highest BCUT2D eigenvalue weighted by Gasteiger charge is 2.25. The molecule has 5 nitrogen and oxygen atoms in total. The van der Waals surface area contributed by atoms with Gasteiger partial charge in [-0.15, -0.1) is 0 Å². The minimum absolute atomic E-state index is 0.0713. The first kappa shape index (κ1) is 15.2. The van der Waals surface area contributed by atoms with E-state index in [1.54, 1.807) is 7.05 Å². The zero-order valence-electron chi connectivity index (χ0n) is 11.2. The van der Waals surface area contributed by atoms with Crippen LogP contribution in [-0.4, -0.2) is 31.1 Å². The highest BCUT2D eigenvalue weighted by atomic mass is 79.9. The van der Waals surface area contributed by atoms with Crippen LogP contribution >= 0.6 is 15.9 Å². The average molecular weight is 346 g/mol. The summed E-state index contributed by atoms with van der Waals surface area (Å²) in [5.41, 5.74) is 0.264. The zero-order chi connectivity index (χ0) is 14.7. The van der Waals surface area contributed by atoms with Crippen LogP contribution in [0.4, 0.5) is 15.8 Å². The average Bonchev–Trinajstić information content (AvgIpc) is 2.69. The van der Waals surface area contributed by atoms with E-state index in [1.165, 1.54) is 12.1 Å². The quantitative estimate of drug-likeness (QED) is 0.675. The van der Waals surface area contributed by atoms with Crippen molar-refractivity contribution in [1.29, 1.82) is 0 Å². The zero-order valence-corrected chi connectivity index (χ0v) is 12.8. The van der Waals surface area contributed by atoms with E-state index in [-0.39, 0.29) is 16.2 Å². The maximum absolute atomic E-state index is 13.7. The predicted octanol–water partition coefficient (Wildman–Crippen LogP) is 3.07. The van der Waals surface area contributed by atoms with Gasteiger partial charge >= 0.3 is 0 Å². The second-order valence-corrected chi connectivity index (χ2v) is 5.81. The number of nitrogens with one attached hydrogen (secondary N) is 1. The van der Waals surface area contributed by atoms with E-state index in [1.807, 2.05) is 4.90 Å². The van der Waals surface area contributed by atoms with Gasteiger partial charge in [0.25, 0.3) is 5.69 Å². The molecule has 20 heavy (non-hydrogen) atoms. The van der Waals surface area contributed by atoms with E-state index in [0.717, 1.165) is 32.4 Å². The van der Waals surface area contributed by atoms with Crippen molar-refractivity contribution >= 4 is 27.3 Å². The number of benzene rings is 1. The Balaban J connectivity index is 2.34. The maximum atomic E-state index is 13.7. The van der Waals surface area contributed by atoms with Gasteiger partial charge in [-0.05, 0) is 48.3 Å². The highest BCUT2D eigenvalue weighted by molar-refractivity contribution is 9.10. The van der Waals surface area contributed by atoms with Gasteiger partial charge in [-0.2, -0.15) is 0 Å². The van der Waals surface area contributed by atoms with Gasteiger partial charge in [0.15, 0.2) is 0 Å². The first-order valence-corrected chi connectivity index (χ1v) is 7.37. The largest absolute Gasteiger partial charge is 0.366 e. The van der Waals surface area contributed by atoms with Gasteiger partial charge in [-0.25, -0.2) is 4.39 Å². The number of nitro groups is 1. The van der Waals surface area contributed by atoms with Crippen LogP contribution in [0.3, 0.4) is 0 Å². The van der Waals surface area contributed by atoms with Gasteiger partial charge in [0.05, 0.1) is 9.40 Å². The molecular weight excluding hydrogens is 329 g/mol. The van der Waals surface area contributed by atoms with Crippen LogP contribution in [0, 0.1) is 15.9 Å². The number of halogens is 2. The molecule has 7 heteroatoms. The van der Waals surface area contributed by atoms with Crippen molar-refractivity contribution in [2.75, 3.05) is 25.0 Å². The maximum Gasteiger partial charge on any atom is 0.293 e. The lowest BCUT2D eigenvalue weighted by Gasteiger charge is -2.28. The Morgan fingerprint density at radius 3 is 2.90 bits per heavy atom. The van der Waals surface area contributed by atoms with Crippen molar-refractivity contribution in [3.63, 3.8) is 0 Å². The van der Waals surface area contributed by atoms with Crippen LogP contribution in [0.1, 0.15) is 19.3 Å². The first-order valence-electron chi connectivity index (χ1n) is 6.57. The van der Waals surface area contributed by atoms with Gasteiger partial charge in [0.2, 0.25) is 0 Å². The molecule has 2 rings (SSSR count). The summed E-state index contributed by atoms with van der Waals surface area (Å²) in [6.07, 6.45) is 2.85. The SMILES string of the molecule is CN(c1cc(F)c(Br)cc1[N+](=O)[O-])C1CCCNCC1. The Bertz CT molecular complexity index is 505. The molecule has 0 aromatic heterocycles. The van der Waals surface area contributed by atoms with Crippen LogP contribution in [0.2, 0.25) is 0 Å². The molecule has 0 bridgehead atoms. The summed E-state index contributed by atoms with van der Waals surface area (Å²) >= 11 is 3.00. The first-order chi connectivity index (χ1) is 9.50. The normalized spacial score (nSPS) is 19.4. The van der Waals surface area contributed by atoms with Gasteiger partial charge < -0.3 is 10.2 Å². The fourth-order valence-electron chi connectivity index (χ4n) is 2.54. The molecule has 1 atom stereocenters. The second kappa shape index (κ2) is 6.49. The van der Waals surface area contributed by atoms with Crippen molar-refractivity contribution in [3.05, 3.63) is 32.5 Å². The molecule has 1 heterocycles. The summed E-state index contributed by atoms with van der Waals surface area (Å²) in [5.74, 6) is -0.482. The molecule has 0 aliphatic carbocycles. The molecule has 110 valence electrons. The van der Waals surface area contributed by atoms with Gasteiger partial charge in [0.1, 0.15) is 11.5 Å². The van der Waals surface area contributed by atoms with E-state index in [2.05, 4.69) is 21.2 Å². The van der Waals surface area contributed by atoms with Crippen LogP contribution < -0.4 is 10.2 Å². The monoisotopic (exact) mass is 345 g/mol. The Hall–Kier alpha value is -1.21. The highest BCUT2D eigenvalue weighted by Crippen LogP contribution is 2.34. The predicted molar refractivity (Wildman–Crippen MR) is 79.7 cm³/mol. The van der Waals surface area contributed by atoms with Gasteiger partial charge in [-0.1, -0.05) is 0 Å². The number of rotatable bonds is 3. The number of nitrogens with zero attached hydrogens (tertiary/aromatic N) is 2. The molecule has 1 aromatic carbocycles. The van der Waals surface area contributed by atoms with Crippen LogP contribution in [0.25, 0.3) is 0 Å². The van der Waals surface area contributed by atoms with E-state index >= 15 is 0 Å². The topological polar surface area (TPSA) is 58.4 Å². The summed E-state index contributed by atoms with van der Waals surface area (Å²) in [4.78, 5) is 12.5. The molecule has 1 unspecified atom stereocenters. The van der Waals surface area contributed by atoms with Crippen LogP contribution in [-0.2, 0) is 0 Å². The van der Waals surface area contributed by atoms with E-state index in [9.17, 15) is 14.5 Å². The molecule has 0 spiro atoms. The lowest BCUT2D eigenvalue weighted by Crippen LogP contribution is -2.33. The Morgan fingerprint density at radius 2 is 2.20 bits per heavy atom. The molecule has 0 amide bonds. The number of hydrogen-bond acceptors (Lipinski definition) is 4. The summed E-state index contributed by atoms with van der Waals surface area (Å²) < 4.78 is 13.8. The van der Waals surface area contributed by atoms with E-state index < -0.39 is 10.7 Å². The number of anilines is 1. The molecule has 1 fully saturated rings. The van der Waals surface area contributed by atoms with Crippen LogP contribution in [0.5, 0.6) is 0 Å². The molecule has 1 aromatic rings. The Labute approximate surface area is 125 Å². The Kier molecular flexibility index (Phi) is 4.93. The molecule has 1 N–H and O–H groups in total. The molecule has 0 saturated carbocycles. The molecule has 1 aliphatic rings. The smallest absolute Gasteiger partial charge is 0.293 e. The third-order valence-electron chi connectivity index (χ3n) is 3.69. The third-order valence-corrected chi connectivity index (χ3v) is 4.29. The minimum Gasteiger partial charge on any atom is -0.366 e. The standard InChI is InChI=1S/C13H17BrFN3O2/c1-17(9-3-2-5-16-6-4-9)12-8-11(15)10(14)7-13(12)18(19)20/h7-9,16H,2-6H2,1H3. The van der Waals surface area contributed by atoms with Crippen molar-refractivity contribution in [1.82, 2.24) is 5.32 Å². The summed E-state index contributed by atoms with van der Waals surface area (Å²) in [6.45, 7) is 1.84.